The molecule has 0 saturated heterocycles. The Morgan fingerprint density at radius 1 is 1.62 bits per heavy atom. The molecular formula is C13H17F3N2O3. The normalized spacial score (nSPS) is 26.6. The van der Waals surface area contributed by atoms with Gasteiger partial charge in [-0.25, -0.2) is 0 Å². The number of alkyl halides is 3. The molecule has 0 aliphatic heterocycles. The molecule has 5 nitrogen and oxygen atoms in total. The molecule has 2 rings (SSSR count). The van der Waals surface area contributed by atoms with E-state index < -0.39 is 30.0 Å². The number of hydrogen-bond acceptors (Lipinski definition) is 4. The summed E-state index contributed by atoms with van der Waals surface area (Å²) >= 11 is 0. The summed E-state index contributed by atoms with van der Waals surface area (Å²) in [6.45, 7) is 1.40. The lowest BCUT2D eigenvalue weighted by atomic mass is 9.77. The first-order valence-electron chi connectivity index (χ1n) is 6.70. The molecule has 0 spiro atoms. The van der Waals surface area contributed by atoms with E-state index in [1.54, 1.807) is 6.92 Å². The molecule has 1 aliphatic rings. The number of rotatable bonds is 3. The van der Waals surface area contributed by atoms with Crippen LogP contribution < -0.4 is 5.32 Å². The molecule has 1 amide bonds. The Morgan fingerprint density at radius 3 is 2.90 bits per heavy atom. The van der Waals surface area contributed by atoms with Crippen LogP contribution in [-0.2, 0) is 0 Å². The van der Waals surface area contributed by atoms with Gasteiger partial charge in [0.1, 0.15) is 0 Å². The van der Waals surface area contributed by atoms with Gasteiger partial charge < -0.3 is 14.9 Å². The number of nitrogens with zero attached hydrogens (tertiary/aromatic N) is 1. The third kappa shape index (κ3) is 3.96. The van der Waals surface area contributed by atoms with Crippen LogP contribution in [0.5, 0.6) is 0 Å². The van der Waals surface area contributed by atoms with Crippen LogP contribution in [0.25, 0.3) is 0 Å². The van der Waals surface area contributed by atoms with Crippen molar-refractivity contribution >= 4 is 5.91 Å². The minimum Gasteiger partial charge on any atom is -0.388 e. The number of amides is 1. The van der Waals surface area contributed by atoms with Gasteiger partial charge in [-0.05, 0) is 32.6 Å². The van der Waals surface area contributed by atoms with E-state index >= 15 is 0 Å². The summed E-state index contributed by atoms with van der Waals surface area (Å²) in [5, 5.41) is 16.2. The van der Waals surface area contributed by atoms with E-state index in [1.807, 2.05) is 0 Å². The van der Waals surface area contributed by atoms with Crippen molar-refractivity contribution in [1.29, 1.82) is 0 Å². The van der Waals surface area contributed by atoms with E-state index in [2.05, 4.69) is 10.5 Å². The first-order valence-corrected chi connectivity index (χ1v) is 6.70. The first-order chi connectivity index (χ1) is 9.70. The summed E-state index contributed by atoms with van der Waals surface area (Å²) in [7, 11) is 0. The molecule has 1 fully saturated rings. The molecule has 1 aromatic rings. The lowest BCUT2D eigenvalue weighted by Gasteiger charge is -2.37. The summed E-state index contributed by atoms with van der Waals surface area (Å²) in [5.74, 6) is -2.15. The van der Waals surface area contributed by atoms with Crippen molar-refractivity contribution in [2.75, 3.05) is 6.54 Å². The summed E-state index contributed by atoms with van der Waals surface area (Å²) in [6.07, 6.45) is -4.19. The summed E-state index contributed by atoms with van der Waals surface area (Å²) in [5.41, 5.74) is -1.02. The van der Waals surface area contributed by atoms with E-state index in [9.17, 15) is 23.1 Å². The summed E-state index contributed by atoms with van der Waals surface area (Å²) < 4.78 is 42.9. The third-order valence-electron chi connectivity index (χ3n) is 3.71. The molecule has 2 atom stereocenters. The fourth-order valence-electron chi connectivity index (χ4n) is 2.58. The van der Waals surface area contributed by atoms with Crippen molar-refractivity contribution in [1.82, 2.24) is 10.5 Å². The predicted octanol–water partition coefficient (Wildman–Crippen LogP) is 2.20. The number of halogens is 3. The maximum Gasteiger partial charge on any atom is 0.391 e. The fourth-order valence-corrected chi connectivity index (χ4v) is 2.58. The van der Waals surface area contributed by atoms with Crippen LogP contribution >= 0.6 is 0 Å². The van der Waals surface area contributed by atoms with Crippen molar-refractivity contribution in [2.24, 2.45) is 5.92 Å². The van der Waals surface area contributed by atoms with Crippen molar-refractivity contribution in [3.8, 4) is 0 Å². The zero-order valence-corrected chi connectivity index (χ0v) is 11.5. The summed E-state index contributed by atoms with van der Waals surface area (Å²) in [4.78, 5) is 11.7. The Balaban J connectivity index is 1.93. The van der Waals surface area contributed by atoms with Gasteiger partial charge in [0.05, 0.1) is 17.2 Å². The van der Waals surface area contributed by atoms with Crippen molar-refractivity contribution in [3.63, 3.8) is 0 Å². The first kappa shape index (κ1) is 15.8. The highest BCUT2D eigenvalue weighted by molar-refractivity contribution is 5.91. The van der Waals surface area contributed by atoms with Crippen LogP contribution in [0.15, 0.2) is 10.6 Å². The Hall–Kier alpha value is -1.57. The molecule has 2 N–H and O–H groups in total. The number of aryl methyl sites for hydroxylation is 1. The van der Waals surface area contributed by atoms with Crippen LogP contribution in [0.1, 0.15) is 41.9 Å². The zero-order valence-electron chi connectivity index (χ0n) is 11.5. The number of carbonyl (C=O) groups excluding carboxylic acids is 1. The molecule has 118 valence electrons. The van der Waals surface area contributed by atoms with Crippen LogP contribution in [0.4, 0.5) is 13.2 Å². The second-order valence-electron chi connectivity index (χ2n) is 5.57. The standard InChI is InChI=1S/C13H17F3N2O3/c1-8-5-10(21-18-8)11(19)17-7-12(20)4-2-3-9(6-12)13(14,15)16/h5,9,20H,2-4,6-7H2,1H3,(H,17,19). The van der Waals surface area contributed by atoms with Gasteiger partial charge in [0.15, 0.2) is 0 Å². The van der Waals surface area contributed by atoms with Crippen LogP contribution in [0, 0.1) is 12.8 Å². The quantitative estimate of drug-likeness (QED) is 0.897. The summed E-state index contributed by atoms with van der Waals surface area (Å²) in [6, 6.07) is 1.42. The smallest absolute Gasteiger partial charge is 0.388 e. The largest absolute Gasteiger partial charge is 0.391 e. The molecule has 2 unspecified atom stereocenters. The minimum atomic E-state index is -4.32. The highest BCUT2D eigenvalue weighted by atomic mass is 19.4. The molecule has 1 saturated carbocycles. The van der Waals surface area contributed by atoms with Gasteiger partial charge in [-0.2, -0.15) is 13.2 Å². The molecule has 0 aromatic carbocycles. The molecule has 8 heteroatoms. The van der Waals surface area contributed by atoms with Crippen molar-refractivity contribution < 1.29 is 27.6 Å². The molecule has 0 bridgehead atoms. The molecule has 0 radical (unpaired) electrons. The predicted molar refractivity (Wildman–Crippen MR) is 66.5 cm³/mol. The Bertz CT molecular complexity index is 515. The number of aromatic nitrogens is 1. The Labute approximate surface area is 119 Å². The van der Waals surface area contributed by atoms with Gasteiger partial charge in [0, 0.05) is 12.6 Å². The lowest BCUT2D eigenvalue weighted by molar-refractivity contribution is -0.199. The third-order valence-corrected chi connectivity index (χ3v) is 3.71. The average molecular weight is 306 g/mol. The second kappa shape index (κ2) is 5.67. The second-order valence-corrected chi connectivity index (χ2v) is 5.57. The van der Waals surface area contributed by atoms with E-state index in [1.165, 1.54) is 6.07 Å². The van der Waals surface area contributed by atoms with Gasteiger partial charge >= 0.3 is 6.18 Å². The van der Waals surface area contributed by atoms with Crippen molar-refractivity contribution in [3.05, 3.63) is 17.5 Å². The number of aliphatic hydroxyl groups is 1. The average Bonchev–Trinajstić information content (AvgIpc) is 2.82. The molecular weight excluding hydrogens is 289 g/mol. The van der Waals surface area contributed by atoms with E-state index in [0.29, 0.717) is 5.69 Å². The number of nitrogens with one attached hydrogen (secondary N) is 1. The SMILES string of the molecule is Cc1cc(C(=O)NCC2(O)CCCC(C(F)(F)F)C2)on1. The van der Waals surface area contributed by atoms with Gasteiger partial charge in [0.2, 0.25) is 5.76 Å². The number of carbonyl (C=O) groups is 1. The Kier molecular flexibility index (Phi) is 4.27. The van der Waals surface area contributed by atoms with Gasteiger partial charge in [-0.15, -0.1) is 0 Å². The van der Waals surface area contributed by atoms with Crippen LogP contribution in [0.3, 0.4) is 0 Å². The fraction of sp³-hybridized carbons (Fsp3) is 0.692. The maximum atomic E-state index is 12.7. The lowest BCUT2D eigenvalue weighted by Crippen LogP contribution is -2.48. The topological polar surface area (TPSA) is 75.4 Å². The van der Waals surface area contributed by atoms with E-state index in [-0.39, 0.29) is 31.6 Å². The van der Waals surface area contributed by atoms with Gasteiger partial charge in [-0.3, -0.25) is 4.79 Å². The Morgan fingerprint density at radius 2 is 2.33 bits per heavy atom. The molecule has 1 aromatic heterocycles. The monoisotopic (exact) mass is 306 g/mol. The molecule has 1 heterocycles. The highest BCUT2D eigenvalue weighted by Gasteiger charge is 2.47. The van der Waals surface area contributed by atoms with Gasteiger partial charge in [0.25, 0.3) is 5.91 Å². The van der Waals surface area contributed by atoms with Crippen LogP contribution in [0.2, 0.25) is 0 Å². The number of hydrogen-bond donors (Lipinski definition) is 2. The van der Waals surface area contributed by atoms with Gasteiger partial charge in [-0.1, -0.05) is 5.16 Å². The van der Waals surface area contributed by atoms with Crippen LogP contribution in [-0.4, -0.2) is 34.5 Å². The minimum absolute atomic E-state index is 0.0149. The zero-order chi connectivity index (χ0) is 15.7. The van der Waals surface area contributed by atoms with Crippen molar-refractivity contribution in [2.45, 2.75) is 44.4 Å². The molecule has 1 aliphatic carbocycles. The maximum absolute atomic E-state index is 12.7. The highest BCUT2D eigenvalue weighted by Crippen LogP contribution is 2.41. The van der Waals surface area contributed by atoms with E-state index in [0.717, 1.165) is 0 Å². The van der Waals surface area contributed by atoms with E-state index in [4.69, 9.17) is 4.52 Å². The molecule has 21 heavy (non-hydrogen) atoms.